The van der Waals surface area contributed by atoms with Gasteiger partial charge < -0.3 is 19.5 Å². The molecule has 2 aromatic carbocycles. The van der Waals surface area contributed by atoms with E-state index in [4.69, 9.17) is 14.2 Å². The highest BCUT2D eigenvalue weighted by Crippen LogP contribution is 2.42. The Morgan fingerprint density at radius 3 is 2.55 bits per heavy atom. The molecule has 0 saturated carbocycles. The monoisotopic (exact) mass is 392 g/mol. The highest BCUT2D eigenvalue weighted by atomic mass is 16.5. The fourth-order valence-electron chi connectivity index (χ4n) is 3.46. The predicted octanol–water partition coefficient (Wildman–Crippen LogP) is 2.89. The van der Waals surface area contributed by atoms with Crippen LogP contribution in [0.2, 0.25) is 0 Å². The average Bonchev–Trinajstić information content (AvgIpc) is 3.25. The first-order valence-electron chi connectivity index (χ1n) is 8.94. The van der Waals surface area contributed by atoms with E-state index in [0.717, 1.165) is 5.56 Å². The Labute approximate surface area is 167 Å². The van der Waals surface area contributed by atoms with Gasteiger partial charge in [0.05, 0.1) is 32.6 Å². The minimum Gasteiger partial charge on any atom is -0.497 e. The minimum atomic E-state index is -0.624. The first-order chi connectivity index (χ1) is 14.2. The molecule has 1 atom stereocenters. The SMILES string of the molecule is COC(=O)C1=C(c2ccccc2)Nc2ncnn2C1c1cc(OC)ccc1OC. The smallest absolute Gasteiger partial charge is 0.338 e. The number of carbonyl (C=O) groups is 1. The number of aromatic nitrogens is 3. The van der Waals surface area contributed by atoms with Crippen molar-refractivity contribution < 1.29 is 19.0 Å². The van der Waals surface area contributed by atoms with Crippen LogP contribution >= 0.6 is 0 Å². The maximum atomic E-state index is 13.0. The highest BCUT2D eigenvalue weighted by molar-refractivity contribution is 6.02. The predicted molar refractivity (Wildman–Crippen MR) is 107 cm³/mol. The molecular formula is C21H20N4O4. The van der Waals surface area contributed by atoms with Crippen LogP contribution in [0.4, 0.5) is 5.95 Å². The van der Waals surface area contributed by atoms with E-state index in [1.54, 1.807) is 31.0 Å². The summed E-state index contributed by atoms with van der Waals surface area (Å²) in [5, 5.41) is 7.57. The molecule has 4 rings (SSSR count). The van der Waals surface area contributed by atoms with Gasteiger partial charge in [-0.2, -0.15) is 10.1 Å². The van der Waals surface area contributed by atoms with Gasteiger partial charge in [-0.1, -0.05) is 30.3 Å². The summed E-state index contributed by atoms with van der Waals surface area (Å²) in [7, 11) is 4.52. The molecule has 0 amide bonds. The molecule has 8 nitrogen and oxygen atoms in total. The van der Waals surface area contributed by atoms with Gasteiger partial charge in [0.1, 0.15) is 23.9 Å². The molecule has 0 aliphatic carbocycles. The van der Waals surface area contributed by atoms with Gasteiger partial charge in [0, 0.05) is 5.56 Å². The summed E-state index contributed by atoms with van der Waals surface area (Å²) in [5.74, 6) is 1.25. The van der Waals surface area contributed by atoms with Crippen LogP contribution < -0.4 is 14.8 Å². The first kappa shape index (κ1) is 18.5. The fourth-order valence-corrected chi connectivity index (χ4v) is 3.46. The summed E-state index contributed by atoms with van der Waals surface area (Å²) in [6, 6.07) is 14.3. The van der Waals surface area contributed by atoms with Crippen molar-refractivity contribution in [2.24, 2.45) is 0 Å². The zero-order valence-electron chi connectivity index (χ0n) is 16.2. The molecule has 2 heterocycles. The molecule has 0 radical (unpaired) electrons. The number of ether oxygens (including phenoxy) is 3. The number of fused-ring (bicyclic) bond motifs is 1. The molecule has 1 aliphatic heterocycles. The molecule has 1 aromatic heterocycles. The Morgan fingerprint density at radius 2 is 1.86 bits per heavy atom. The van der Waals surface area contributed by atoms with E-state index >= 15 is 0 Å². The molecule has 29 heavy (non-hydrogen) atoms. The lowest BCUT2D eigenvalue weighted by Crippen LogP contribution is -2.29. The number of carbonyl (C=O) groups excluding carboxylic acids is 1. The molecule has 3 aromatic rings. The maximum absolute atomic E-state index is 13.0. The lowest BCUT2D eigenvalue weighted by Gasteiger charge is -2.30. The quantitative estimate of drug-likeness (QED) is 0.668. The van der Waals surface area contributed by atoms with Crippen molar-refractivity contribution in [3.8, 4) is 11.5 Å². The van der Waals surface area contributed by atoms with Crippen molar-refractivity contribution in [3.05, 3.63) is 71.6 Å². The van der Waals surface area contributed by atoms with E-state index in [1.165, 1.54) is 13.4 Å². The van der Waals surface area contributed by atoms with Crippen molar-refractivity contribution in [1.29, 1.82) is 0 Å². The summed E-state index contributed by atoms with van der Waals surface area (Å²) in [4.78, 5) is 17.3. The molecule has 0 spiro atoms. The van der Waals surface area contributed by atoms with Crippen LogP contribution in [0.15, 0.2) is 60.4 Å². The number of rotatable bonds is 5. The number of esters is 1. The second kappa shape index (κ2) is 7.67. The lowest BCUT2D eigenvalue weighted by atomic mass is 9.92. The third kappa shape index (κ3) is 3.18. The Bertz CT molecular complexity index is 1080. The summed E-state index contributed by atoms with van der Waals surface area (Å²) >= 11 is 0. The molecule has 148 valence electrons. The van der Waals surface area contributed by atoms with Crippen LogP contribution in [0.25, 0.3) is 5.70 Å². The standard InChI is InChI=1S/C21H20N4O4/c1-27-14-9-10-16(28-2)15(11-14)19-17(20(26)29-3)18(13-7-5-4-6-8-13)24-21-22-12-23-25(19)21/h4-12,19H,1-3H3,(H,22,23,24). The van der Waals surface area contributed by atoms with Crippen LogP contribution in [0.5, 0.6) is 11.5 Å². The number of hydrogen-bond acceptors (Lipinski definition) is 7. The van der Waals surface area contributed by atoms with E-state index in [1.807, 2.05) is 36.4 Å². The molecule has 1 aliphatic rings. The van der Waals surface area contributed by atoms with E-state index in [-0.39, 0.29) is 0 Å². The van der Waals surface area contributed by atoms with Gasteiger partial charge in [-0.05, 0) is 23.8 Å². The van der Waals surface area contributed by atoms with Gasteiger partial charge in [-0.3, -0.25) is 0 Å². The van der Waals surface area contributed by atoms with Crippen molar-refractivity contribution in [1.82, 2.24) is 14.8 Å². The zero-order chi connectivity index (χ0) is 20.4. The van der Waals surface area contributed by atoms with Crippen molar-refractivity contribution in [2.45, 2.75) is 6.04 Å². The fraction of sp³-hybridized carbons (Fsp3) is 0.190. The normalized spacial score (nSPS) is 15.3. The number of nitrogens with zero attached hydrogens (tertiary/aromatic N) is 3. The Morgan fingerprint density at radius 1 is 1.07 bits per heavy atom. The zero-order valence-corrected chi connectivity index (χ0v) is 16.2. The van der Waals surface area contributed by atoms with Gasteiger partial charge in [-0.25, -0.2) is 9.48 Å². The Balaban J connectivity index is 2.02. The molecule has 1 N–H and O–H groups in total. The second-order valence-electron chi connectivity index (χ2n) is 6.31. The van der Waals surface area contributed by atoms with Crippen molar-refractivity contribution in [3.63, 3.8) is 0 Å². The summed E-state index contributed by atoms with van der Waals surface area (Å²) in [6.07, 6.45) is 1.44. The number of nitrogens with one attached hydrogen (secondary N) is 1. The Kier molecular flexibility index (Phi) is 4.90. The van der Waals surface area contributed by atoms with Gasteiger partial charge >= 0.3 is 5.97 Å². The molecule has 8 heteroatoms. The summed E-state index contributed by atoms with van der Waals surface area (Å²) in [5.41, 5.74) is 2.53. The third-order valence-electron chi connectivity index (χ3n) is 4.80. The van der Waals surface area contributed by atoms with Crippen molar-refractivity contribution in [2.75, 3.05) is 26.6 Å². The van der Waals surface area contributed by atoms with E-state index < -0.39 is 12.0 Å². The first-order valence-corrected chi connectivity index (χ1v) is 8.94. The minimum absolute atomic E-state index is 0.392. The number of methoxy groups -OCH3 is 3. The van der Waals surface area contributed by atoms with Crippen LogP contribution in [-0.2, 0) is 9.53 Å². The molecule has 0 saturated heterocycles. The van der Waals surface area contributed by atoms with Crippen LogP contribution in [0.1, 0.15) is 17.2 Å². The summed E-state index contributed by atoms with van der Waals surface area (Å²) in [6.45, 7) is 0. The molecule has 0 bridgehead atoms. The van der Waals surface area contributed by atoms with E-state index in [9.17, 15) is 4.79 Å². The van der Waals surface area contributed by atoms with E-state index in [2.05, 4.69) is 15.4 Å². The number of hydrogen-bond donors (Lipinski definition) is 1. The third-order valence-corrected chi connectivity index (χ3v) is 4.80. The van der Waals surface area contributed by atoms with Crippen LogP contribution in [0, 0.1) is 0 Å². The van der Waals surface area contributed by atoms with Crippen LogP contribution in [0.3, 0.4) is 0 Å². The maximum Gasteiger partial charge on any atom is 0.338 e. The largest absolute Gasteiger partial charge is 0.497 e. The molecular weight excluding hydrogens is 372 g/mol. The number of benzene rings is 2. The topological polar surface area (TPSA) is 87.5 Å². The van der Waals surface area contributed by atoms with Crippen LogP contribution in [-0.4, -0.2) is 42.1 Å². The number of anilines is 1. The highest BCUT2D eigenvalue weighted by Gasteiger charge is 2.37. The molecule has 1 unspecified atom stereocenters. The second-order valence-corrected chi connectivity index (χ2v) is 6.31. The van der Waals surface area contributed by atoms with Gasteiger partial charge in [0.25, 0.3) is 0 Å². The Hall–Kier alpha value is -3.81. The van der Waals surface area contributed by atoms with Gasteiger partial charge in [0.2, 0.25) is 5.95 Å². The average molecular weight is 392 g/mol. The van der Waals surface area contributed by atoms with Gasteiger partial charge in [0.15, 0.2) is 0 Å². The molecule has 0 fully saturated rings. The van der Waals surface area contributed by atoms with Gasteiger partial charge in [-0.15, -0.1) is 0 Å². The summed E-state index contributed by atoms with van der Waals surface area (Å²) < 4.78 is 17.8. The van der Waals surface area contributed by atoms with E-state index in [0.29, 0.717) is 34.3 Å². The van der Waals surface area contributed by atoms with Crippen molar-refractivity contribution >= 4 is 17.6 Å². The lowest BCUT2D eigenvalue weighted by molar-refractivity contribution is -0.136.